The van der Waals surface area contributed by atoms with E-state index < -0.39 is 21.9 Å². The molecule has 0 fully saturated rings. The van der Waals surface area contributed by atoms with E-state index in [4.69, 9.17) is 0 Å². The molecular formula is C24H24N2O5S. The molecule has 0 aromatic heterocycles. The summed E-state index contributed by atoms with van der Waals surface area (Å²) in [5.41, 5.74) is 1.27. The average Bonchev–Trinajstić information content (AvgIpc) is 2.74. The summed E-state index contributed by atoms with van der Waals surface area (Å²) in [7, 11) is -3.88. The molecule has 3 aromatic carbocycles. The third kappa shape index (κ3) is 5.33. The molecule has 0 aliphatic rings. The second-order valence-corrected chi connectivity index (χ2v) is 9.95. The Morgan fingerprint density at radius 1 is 0.875 bits per heavy atom. The van der Waals surface area contributed by atoms with E-state index in [0.29, 0.717) is 5.56 Å². The maximum atomic E-state index is 12.6. The Balaban J connectivity index is 1.83. The van der Waals surface area contributed by atoms with E-state index >= 15 is 0 Å². The van der Waals surface area contributed by atoms with Crippen LogP contribution in [0.2, 0.25) is 0 Å². The molecule has 0 unspecified atom stereocenters. The van der Waals surface area contributed by atoms with Crippen molar-refractivity contribution in [3.63, 3.8) is 0 Å². The van der Waals surface area contributed by atoms with Gasteiger partial charge in [-0.2, -0.15) is 0 Å². The molecule has 1 amide bonds. The first-order chi connectivity index (χ1) is 15.0. The number of hydrogen-bond acceptors (Lipinski definition) is 4. The first-order valence-corrected chi connectivity index (χ1v) is 11.3. The lowest BCUT2D eigenvalue weighted by molar-refractivity contribution is 0.0698. The maximum absolute atomic E-state index is 12.6. The Labute approximate surface area is 187 Å². The van der Waals surface area contributed by atoms with E-state index in [1.807, 2.05) is 12.1 Å². The predicted molar refractivity (Wildman–Crippen MR) is 124 cm³/mol. The minimum atomic E-state index is -3.88. The van der Waals surface area contributed by atoms with Crippen LogP contribution >= 0.6 is 0 Å². The summed E-state index contributed by atoms with van der Waals surface area (Å²) >= 11 is 0. The first-order valence-electron chi connectivity index (χ1n) is 9.84. The monoisotopic (exact) mass is 452 g/mol. The number of carbonyl (C=O) groups is 2. The van der Waals surface area contributed by atoms with Gasteiger partial charge in [-0.05, 0) is 53.4 Å². The quantitative estimate of drug-likeness (QED) is 0.500. The summed E-state index contributed by atoms with van der Waals surface area (Å²) < 4.78 is 27.4. The number of carbonyl (C=O) groups excluding carboxylic acids is 1. The molecule has 0 heterocycles. The zero-order valence-electron chi connectivity index (χ0n) is 17.9. The van der Waals surface area contributed by atoms with Gasteiger partial charge in [0.1, 0.15) is 0 Å². The fraction of sp³-hybridized carbons (Fsp3) is 0.167. The molecule has 0 aliphatic heterocycles. The molecule has 3 rings (SSSR count). The van der Waals surface area contributed by atoms with Gasteiger partial charge in [0.25, 0.3) is 15.9 Å². The highest BCUT2D eigenvalue weighted by atomic mass is 32.2. The van der Waals surface area contributed by atoms with Crippen LogP contribution in [-0.2, 0) is 15.4 Å². The van der Waals surface area contributed by atoms with Crippen molar-refractivity contribution in [3.05, 3.63) is 89.5 Å². The third-order valence-corrected chi connectivity index (χ3v) is 6.21. The van der Waals surface area contributed by atoms with Gasteiger partial charge in [-0.3, -0.25) is 9.52 Å². The second kappa shape index (κ2) is 8.84. The van der Waals surface area contributed by atoms with E-state index in [2.05, 4.69) is 30.8 Å². The van der Waals surface area contributed by atoms with E-state index in [0.717, 1.165) is 5.56 Å². The summed E-state index contributed by atoms with van der Waals surface area (Å²) in [6.07, 6.45) is 0. The normalized spacial score (nSPS) is 11.6. The van der Waals surface area contributed by atoms with Crippen molar-refractivity contribution < 1.29 is 23.1 Å². The van der Waals surface area contributed by atoms with Gasteiger partial charge in [0.2, 0.25) is 0 Å². The number of sulfonamides is 1. The van der Waals surface area contributed by atoms with Crippen LogP contribution in [0.15, 0.2) is 77.7 Å². The molecule has 8 heteroatoms. The molecular weight excluding hydrogens is 428 g/mol. The Kier molecular flexibility index (Phi) is 6.36. The van der Waals surface area contributed by atoms with Gasteiger partial charge in [0, 0.05) is 11.3 Å². The lowest BCUT2D eigenvalue weighted by Gasteiger charge is -2.19. The standard InChI is InChI=1S/C24H24N2O5S/c1-24(2,3)17-11-9-16(10-12-17)22(27)25-21-14-13-18(15-20(21)23(28)29)26-32(30,31)19-7-5-4-6-8-19/h4-15,26H,1-3H3,(H,25,27)(H,28,29). The number of benzene rings is 3. The number of rotatable bonds is 6. The van der Waals surface area contributed by atoms with Gasteiger partial charge < -0.3 is 10.4 Å². The summed E-state index contributed by atoms with van der Waals surface area (Å²) in [6.45, 7) is 6.19. The van der Waals surface area contributed by atoms with E-state index in [-0.39, 0.29) is 27.2 Å². The maximum Gasteiger partial charge on any atom is 0.337 e. The lowest BCUT2D eigenvalue weighted by Crippen LogP contribution is -2.17. The topological polar surface area (TPSA) is 113 Å². The fourth-order valence-electron chi connectivity index (χ4n) is 3.02. The van der Waals surface area contributed by atoms with Gasteiger partial charge in [0.05, 0.1) is 16.1 Å². The number of hydrogen-bond donors (Lipinski definition) is 3. The van der Waals surface area contributed by atoms with Crippen molar-refractivity contribution in [2.45, 2.75) is 31.1 Å². The van der Waals surface area contributed by atoms with Crippen molar-refractivity contribution >= 4 is 33.3 Å². The lowest BCUT2D eigenvalue weighted by atomic mass is 9.86. The number of anilines is 2. The Morgan fingerprint density at radius 2 is 1.50 bits per heavy atom. The predicted octanol–water partition coefficient (Wildman–Crippen LogP) is 4.74. The third-order valence-electron chi connectivity index (χ3n) is 4.82. The molecule has 32 heavy (non-hydrogen) atoms. The van der Waals surface area contributed by atoms with Crippen LogP contribution in [0.3, 0.4) is 0 Å². The SMILES string of the molecule is CC(C)(C)c1ccc(C(=O)Nc2ccc(NS(=O)(=O)c3ccccc3)cc2C(=O)O)cc1. The Morgan fingerprint density at radius 3 is 2.06 bits per heavy atom. The Hall–Kier alpha value is -3.65. The van der Waals surface area contributed by atoms with Crippen molar-refractivity contribution in [1.82, 2.24) is 0 Å². The molecule has 0 saturated carbocycles. The van der Waals surface area contributed by atoms with E-state index in [1.165, 1.54) is 30.3 Å². The number of carboxylic acids is 1. The van der Waals surface area contributed by atoms with Crippen molar-refractivity contribution in [2.24, 2.45) is 0 Å². The molecule has 3 N–H and O–H groups in total. The van der Waals surface area contributed by atoms with E-state index in [1.54, 1.807) is 30.3 Å². The minimum absolute atomic E-state index is 0.0490. The van der Waals surface area contributed by atoms with Crippen molar-refractivity contribution in [3.8, 4) is 0 Å². The number of aromatic carboxylic acids is 1. The molecule has 7 nitrogen and oxygen atoms in total. The zero-order valence-corrected chi connectivity index (χ0v) is 18.7. The molecule has 0 bridgehead atoms. The molecule has 0 saturated heterocycles. The van der Waals surface area contributed by atoms with Crippen LogP contribution < -0.4 is 10.0 Å². The molecule has 0 spiro atoms. The average molecular weight is 453 g/mol. The number of carboxylic acid groups (broad SMARTS) is 1. The van der Waals surface area contributed by atoms with Gasteiger partial charge >= 0.3 is 5.97 Å². The van der Waals surface area contributed by atoms with Gasteiger partial charge in [-0.15, -0.1) is 0 Å². The van der Waals surface area contributed by atoms with E-state index in [9.17, 15) is 23.1 Å². The first kappa shape index (κ1) is 23.0. The van der Waals surface area contributed by atoms with Crippen LogP contribution in [0.4, 0.5) is 11.4 Å². The highest BCUT2D eigenvalue weighted by Gasteiger charge is 2.19. The summed E-state index contributed by atoms with van der Waals surface area (Å²) in [5.74, 6) is -1.77. The largest absolute Gasteiger partial charge is 0.478 e. The highest BCUT2D eigenvalue weighted by Crippen LogP contribution is 2.25. The highest BCUT2D eigenvalue weighted by molar-refractivity contribution is 7.92. The van der Waals surface area contributed by atoms with Crippen LogP contribution in [0.5, 0.6) is 0 Å². The minimum Gasteiger partial charge on any atom is -0.478 e. The smallest absolute Gasteiger partial charge is 0.337 e. The molecule has 0 aliphatic carbocycles. The summed E-state index contributed by atoms with van der Waals surface area (Å²) in [5, 5.41) is 12.2. The molecule has 3 aromatic rings. The second-order valence-electron chi connectivity index (χ2n) is 8.27. The summed E-state index contributed by atoms with van der Waals surface area (Å²) in [6, 6.07) is 18.7. The van der Waals surface area contributed by atoms with Gasteiger partial charge in [0.15, 0.2) is 0 Å². The van der Waals surface area contributed by atoms with Crippen LogP contribution in [-0.4, -0.2) is 25.4 Å². The van der Waals surface area contributed by atoms with Crippen molar-refractivity contribution in [2.75, 3.05) is 10.0 Å². The van der Waals surface area contributed by atoms with Gasteiger partial charge in [-0.25, -0.2) is 13.2 Å². The van der Waals surface area contributed by atoms with Gasteiger partial charge in [-0.1, -0.05) is 51.1 Å². The number of nitrogens with one attached hydrogen (secondary N) is 2. The Bertz CT molecular complexity index is 1250. The molecule has 0 radical (unpaired) electrons. The summed E-state index contributed by atoms with van der Waals surface area (Å²) in [4.78, 5) is 24.4. The molecule has 166 valence electrons. The van der Waals surface area contributed by atoms with Crippen molar-refractivity contribution in [1.29, 1.82) is 0 Å². The zero-order chi connectivity index (χ0) is 23.5. The fourth-order valence-corrected chi connectivity index (χ4v) is 4.09. The number of amides is 1. The molecule has 0 atom stereocenters. The van der Waals surface area contributed by atoms with Crippen LogP contribution in [0, 0.1) is 0 Å². The van der Waals surface area contributed by atoms with Crippen LogP contribution in [0.1, 0.15) is 47.1 Å². The van der Waals surface area contributed by atoms with Crippen LogP contribution in [0.25, 0.3) is 0 Å².